The average Bonchev–Trinajstić information content (AvgIpc) is 2.98. The molecule has 0 saturated carbocycles. The molecule has 1 fully saturated rings. The Kier molecular flexibility index (Phi) is 4.73. The predicted octanol–water partition coefficient (Wildman–Crippen LogP) is 1.73. The van der Waals surface area contributed by atoms with E-state index in [1.807, 2.05) is 13.8 Å². The van der Waals surface area contributed by atoms with Crippen molar-refractivity contribution < 1.29 is 4.79 Å². The van der Waals surface area contributed by atoms with Crippen molar-refractivity contribution in [1.29, 1.82) is 0 Å². The van der Waals surface area contributed by atoms with E-state index < -0.39 is 0 Å². The Balaban J connectivity index is 1.82. The maximum absolute atomic E-state index is 12.1. The second kappa shape index (κ2) is 6.93. The first kappa shape index (κ1) is 15.7. The monoisotopic (exact) mass is 316 g/mol. The number of anilines is 1. The summed E-state index contributed by atoms with van der Waals surface area (Å²) < 4.78 is 1.65. The number of hydrogen-bond acceptors (Lipinski definition) is 5. The molecule has 1 aliphatic heterocycles. The van der Waals surface area contributed by atoms with Crippen LogP contribution in [0.25, 0.3) is 11.0 Å². The highest BCUT2D eigenvalue weighted by Gasteiger charge is 2.18. The van der Waals surface area contributed by atoms with E-state index >= 15 is 0 Å². The second-order valence-electron chi connectivity index (χ2n) is 6.16. The van der Waals surface area contributed by atoms with Gasteiger partial charge in [0.05, 0.1) is 11.6 Å². The maximum Gasteiger partial charge on any atom is 0.242 e. The van der Waals surface area contributed by atoms with Crippen LogP contribution in [0.5, 0.6) is 0 Å². The molecule has 0 unspecified atom stereocenters. The van der Waals surface area contributed by atoms with Crippen molar-refractivity contribution in [3.05, 3.63) is 12.5 Å². The summed E-state index contributed by atoms with van der Waals surface area (Å²) >= 11 is 0. The van der Waals surface area contributed by atoms with Crippen LogP contribution in [0.3, 0.4) is 0 Å². The molecule has 1 amide bonds. The van der Waals surface area contributed by atoms with Gasteiger partial charge in [0.15, 0.2) is 5.65 Å². The van der Waals surface area contributed by atoms with E-state index in [1.54, 1.807) is 17.2 Å². The molecular weight excluding hydrogens is 292 g/mol. The van der Waals surface area contributed by atoms with Gasteiger partial charge in [0.25, 0.3) is 0 Å². The first-order valence-corrected chi connectivity index (χ1v) is 8.40. The average molecular weight is 316 g/mol. The maximum atomic E-state index is 12.1. The largest absolute Gasteiger partial charge is 0.356 e. The lowest BCUT2D eigenvalue weighted by molar-refractivity contribution is -0.122. The van der Waals surface area contributed by atoms with Crippen LogP contribution in [-0.2, 0) is 11.3 Å². The highest BCUT2D eigenvalue weighted by atomic mass is 16.2. The van der Waals surface area contributed by atoms with Gasteiger partial charge in [-0.1, -0.05) is 6.92 Å². The normalized spacial score (nSPS) is 16.5. The van der Waals surface area contributed by atoms with Gasteiger partial charge in [0.1, 0.15) is 18.7 Å². The zero-order valence-corrected chi connectivity index (χ0v) is 13.8. The molecule has 0 aromatic carbocycles. The van der Waals surface area contributed by atoms with Crippen molar-refractivity contribution in [3.8, 4) is 0 Å². The van der Waals surface area contributed by atoms with Crippen LogP contribution in [-0.4, -0.2) is 44.8 Å². The zero-order chi connectivity index (χ0) is 16.2. The van der Waals surface area contributed by atoms with Crippen molar-refractivity contribution in [2.24, 2.45) is 0 Å². The number of fused-ring (bicyclic) bond motifs is 1. The van der Waals surface area contributed by atoms with Crippen molar-refractivity contribution in [1.82, 2.24) is 25.1 Å². The number of carbonyl (C=O) groups excluding carboxylic acids is 1. The molecule has 0 bridgehead atoms. The van der Waals surface area contributed by atoms with Gasteiger partial charge >= 0.3 is 0 Å². The van der Waals surface area contributed by atoms with Gasteiger partial charge in [-0.15, -0.1) is 0 Å². The van der Waals surface area contributed by atoms with Crippen LogP contribution in [0.2, 0.25) is 0 Å². The highest BCUT2D eigenvalue weighted by molar-refractivity contribution is 5.87. The molecule has 2 aromatic heterocycles. The van der Waals surface area contributed by atoms with Crippen LogP contribution >= 0.6 is 0 Å². The van der Waals surface area contributed by atoms with Gasteiger partial charge in [0, 0.05) is 19.1 Å². The van der Waals surface area contributed by atoms with E-state index in [0.717, 1.165) is 36.4 Å². The summed E-state index contributed by atoms with van der Waals surface area (Å²) in [6.45, 7) is 6.27. The smallest absolute Gasteiger partial charge is 0.242 e. The molecule has 23 heavy (non-hydrogen) atoms. The molecule has 7 heteroatoms. The SMILES string of the molecule is CC[C@H](C)NC(=O)Cn1ncc2c(N3CCCCC3)ncnc21. The Labute approximate surface area is 136 Å². The summed E-state index contributed by atoms with van der Waals surface area (Å²) in [5.74, 6) is 0.894. The summed E-state index contributed by atoms with van der Waals surface area (Å²) in [6, 6.07) is 0.169. The minimum absolute atomic E-state index is 0.0394. The minimum atomic E-state index is -0.0394. The summed E-state index contributed by atoms with van der Waals surface area (Å²) in [4.78, 5) is 23.2. The summed E-state index contributed by atoms with van der Waals surface area (Å²) in [5.41, 5.74) is 0.722. The van der Waals surface area contributed by atoms with Crippen molar-refractivity contribution in [2.75, 3.05) is 18.0 Å². The molecular formula is C16H24N6O. The molecule has 3 rings (SSSR count). The van der Waals surface area contributed by atoms with E-state index in [0.29, 0.717) is 0 Å². The number of hydrogen-bond donors (Lipinski definition) is 1. The lowest BCUT2D eigenvalue weighted by Gasteiger charge is -2.27. The first-order chi connectivity index (χ1) is 11.2. The second-order valence-corrected chi connectivity index (χ2v) is 6.16. The third-order valence-corrected chi connectivity index (χ3v) is 4.38. The molecule has 2 aromatic rings. The molecule has 7 nitrogen and oxygen atoms in total. The summed E-state index contributed by atoms with van der Waals surface area (Å²) in [6.07, 6.45) is 7.91. The topological polar surface area (TPSA) is 75.9 Å². The molecule has 0 radical (unpaired) electrons. The Hall–Kier alpha value is -2.18. The Morgan fingerprint density at radius 2 is 2.09 bits per heavy atom. The third-order valence-electron chi connectivity index (χ3n) is 4.38. The van der Waals surface area contributed by atoms with Gasteiger partial charge in [0.2, 0.25) is 5.91 Å². The molecule has 1 aliphatic rings. The summed E-state index contributed by atoms with van der Waals surface area (Å²) in [5, 5.41) is 8.23. The van der Waals surface area contributed by atoms with Gasteiger partial charge in [-0.05, 0) is 32.6 Å². The zero-order valence-electron chi connectivity index (χ0n) is 13.8. The van der Waals surface area contributed by atoms with Gasteiger partial charge < -0.3 is 10.2 Å². The third kappa shape index (κ3) is 3.43. The molecule has 1 atom stereocenters. The summed E-state index contributed by atoms with van der Waals surface area (Å²) in [7, 11) is 0. The molecule has 1 saturated heterocycles. The Morgan fingerprint density at radius 1 is 1.30 bits per heavy atom. The number of piperidine rings is 1. The number of rotatable bonds is 5. The first-order valence-electron chi connectivity index (χ1n) is 8.40. The molecule has 124 valence electrons. The van der Waals surface area contributed by atoms with E-state index in [9.17, 15) is 4.79 Å². The van der Waals surface area contributed by atoms with Crippen LogP contribution in [0.4, 0.5) is 5.82 Å². The number of amides is 1. The minimum Gasteiger partial charge on any atom is -0.356 e. The highest BCUT2D eigenvalue weighted by Crippen LogP contribution is 2.25. The van der Waals surface area contributed by atoms with Crippen LogP contribution in [0.1, 0.15) is 39.5 Å². The number of aromatic nitrogens is 4. The van der Waals surface area contributed by atoms with E-state index in [4.69, 9.17) is 0 Å². The van der Waals surface area contributed by atoms with Crippen molar-refractivity contribution in [3.63, 3.8) is 0 Å². The number of nitrogens with one attached hydrogen (secondary N) is 1. The lowest BCUT2D eigenvalue weighted by atomic mass is 10.1. The Morgan fingerprint density at radius 3 is 2.83 bits per heavy atom. The fraction of sp³-hybridized carbons (Fsp3) is 0.625. The van der Waals surface area contributed by atoms with Crippen molar-refractivity contribution in [2.45, 2.75) is 52.1 Å². The van der Waals surface area contributed by atoms with E-state index in [2.05, 4.69) is 25.3 Å². The van der Waals surface area contributed by atoms with Crippen LogP contribution in [0.15, 0.2) is 12.5 Å². The van der Waals surface area contributed by atoms with Gasteiger partial charge in [-0.2, -0.15) is 5.10 Å². The predicted molar refractivity (Wildman–Crippen MR) is 89.3 cm³/mol. The van der Waals surface area contributed by atoms with Gasteiger partial charge in [-0.25, -0.2) is 14.6 Å². The molecule has 3 heterocycles. The fourth-order valence-corrected chi connectivity index (χ4v) is 2.91. The van der Waals surface area contributed by atoms with Crippen molar-refractivity contribution >= 4 is 22.8 Å². The molecule has 0 spiro atoms. The quantitative estimate of drug-likeness (QED) is 0.909. The number of carbonyl (C=O) groups is 1. The number of nitrogens with zero attached hydrogens (tertiary/aromatic N) is 5. The van der Waals surface area contributed by atoms with E-state index in [1.165, 1.54) is 19.3 Å². The Bertz CT molecular complexity index is 676. The standard InChI is InChI=1S/C16H24N6O/c1-3-12(2)20-14(23)10-22-16-13(9-19-22)15(17-11-18-16)21-7-5-4-6-8-21/h9,11-12H,3-8,10H2,1-2H3,(H,20,23)/t12-/m0/s1. The van der Waals surface area contributed by atoms with Crippen LogP contribution < -0.4 is 10.2 Å². The van der Waals surface area contributed by atoms with Gasteiger partial charge in [-0.3, -0.25) is 4.79 Å². The lowest BCUT2D eigenvalue weighted by Crippen LogP contribution is -2.34. The van der Waals surface area contributed by atoms with Crippen LogP contribution in [0, 0.1) is 0 Å². The molecule has 0 aliphatic carbocycles. The molecule has 1 N–H and O–H groups in total. The fourth-order valence-electron chi connectivity index (χ4n) is 2.91. The van der Waals surface area contributed by atoms with E-state index in [-0.39, 0.29) is 18.5 Å².